The highest BCUT2D eigenvalue weighted by Crippen LogP contribution is 2.24. The van der Waals surface area contributed by atoms with Crippen molar-refractivity contribution in [2.45, 2.75) is 18.8 Å². The Kier molecular flexibility index (Phi) is 6.80. The van der Waals surface area contributed by atoms with Crippen molar-refractivity contribution in [2.75, 3.05) is 6.54 Å². The minimum absolute atomic E-state index is 0.0512. The number of rotatable bonds is 8. The first kappa shape index (κ1) is 19.3. The molecule has 3 rings (SSSR count). The van der Waals surface area contributed by atoms with Gasteiger partial charge in [-0.1, -0.05) is 72.3 Å². The van der Waals surface area contributed by atoms with Gasteiger partial charge in [-0.25, -0.2) is 0 Å². The summed E-state index contributed by atoms with van der Waals surface area (Å²) in [5, 5.41) is 2.98. The molecule has 0 radical (unpaired) electrons. The number of ketones is 1. The lowest BCUT2D eigenvalue weighted by Gasteiger charge is -2.19. The van der Waals surface area contributed by atoms with Crippen LogP contribution in [0.25, 0.3) is 0 Å². The number of carbonyl (C=O) groups excluding carboxylic acids is 2. The lowest BCUT2D eigenvalue weighted by Crippen LogP contribution is -2.29. The van der Waals surface area contributed by atoms with Gasteiger partial charge in [-0.3, -0.25) is 9.59 Å². The number of hydrogen-bond acceptors (Lipinski definition) is 3. The third-order valence-electron chi connectivity index (χ3n) is 4.33. The average Bonchev–Trinajstić information content (AvgIpc) is 3.14. The molecule has 5 heteroatoms. The van der Waals surface area contributed by atoms with Crippen LogP contribution in [0.15, 0.2) is 72.8 Å². The maximum atomic E-state index is 12.3. The predicted molar refractivity (Wildman–Crippen MR) is 111 cm³/mol. The van der Waals surface area contributed by atoms with E-state index in [0.29, 0.717) is 15.8 Å². The molecule has 0 atom stereocenters. The van der Waals surface area contributed by atoms with Crippen LogP contribution in [0.3, 0.4) is 0 Å². The zero-order valence-corrected chi connectivity index (χ0v) is 16.3. The van der Waals surface area contributed by atoms with E-state index in [1.807, 2.05) is 36.4 Å². The number of amides is 1. The minimum atomic E-state index is -0.122. The fourth-order valence-corrected chi connectivity index (χ4v) is 3.93. The molecule has 3 aromatic rings. The SMILES string of the molecule is O=C(CCC(=O)c1ccc(Cl)s1)NCC(c1ccccc1)c1ccccc1. The van der Waals surface area contributed by atoms with E-state index in [1.54, 1.807) is 12.1 Å². The van der Waals surface area contributed by atoms with Crippen LogP contribution in [0.2, 0.25) is 4.34 Å². The van der Waals surface area contributed by atoms with Crippen LogP contribution in [0, 0.1) is 0 Å². The lowest BCUT2D eigenvalue weighted by atomic mass is 9.91. The third-order valence-corrected chi connectivity index (χ3v) is 5.61. The summed E-state index contributed by atoms with van der Waals surface area (Å²) in [6.07, 6.45) is 0.356. The Labute approximate surface area is 168 Å². The summed E-state index contributed by atoms with van der Waals surface area (Å²) < 4.78 is 0.580. The van der Waals surface area contributed by atoms with Crippen molar-refractivity contribution < 1.29 is 9.59 Å². The molecule has 138 valence electrons. The van der Waals surface area contributed by atoms with Crippen molar-refractivity contribution in [3.63, 3.8) is 0 Å². The van der Waals surface area contributed by atoms with Crippen molar-refractivity contribution in [3.05, 3.63) is 93.1 Å². The van der Waals surface area contributed by atoms with Crippen molar-refractivity contribution in [1.29, 1.82) is 0 Å². The maximum Gasteiger partial charge on any atom is 0.220 e. The highest BCUT2D eigenvalue weighted by Gasteiger charge is 2.16. The molecule has 0 saturated heterocycles. The molecule has 1 amide bonds. The van der Waals surface area contributed by atoms with Crippen LogP contribution in [-0.4, -0.2) is 18.2 Å². The van der Waals surface area contributed by atoms with Gasteiger partial charge in [-0.15, -0.1) is 11.3 Å². The second-order valence-corrected chi connectivity index (χ2v) is 7.92. The Bertz CT molecular complexity index is 853. The summed E-state index contributed by atoms with van der Waals surface area (Å²) in [6.45, 7) is 0.492. The molecule has 1 heterocycles. The summed E-state index contributed by atoms with van der Waals surface area (Å²) in [7, 11) is 0. The molecule has 0 spiro atoms. The predicted octanol–water partition coefficient (Wildman–Crippen LogP) is 5.31. The molecule has 3 nitrogen and oxygen atoms in total. The van der Waals surface area contributed by atoms with Crippen molar-refractivity contribution >= 4 is 34.6 Å². The van der Waals surface area contributed by atoms with Crippen LogP contribution in [0.4, 0.5) is 0 Å². The first-order chi connectivity index (χ1) is 13.1. The van der Waals surface area contributed by atoms with Crippen LogP contribution >= 0.6 is 22.9 Å². The summed E-state index contributed by atoms with van der Waals surface area (Å²) in [4.78, 5) is 25.0. The Hall–Kier alpha value is -2.43. The Balaban J connectivity index is 1.58. The van der Waals surface area contributed by atoms with Crippen LogP contribution < -0.4 is 5.32 Å². The summed E-state index contributed by atoms with van der Waals surface area (Å²) >= 11 is 7.10. The van der Waals surface area contributed by atoms with Gasteiger partial charge in [0.25, 0.3) is 0 Å². The molecule has 0 aliphatic rings. The van der Waals surface area contributed by atoms with E-state index in [1.165, 1.54) is 11.3 Å². The van der Waals surface area contributed by atoms with E-state index < -0.39 is 0 Å². The van der Waals surface area contributed by atoms with Gasteiger partial charge in [0.15, 0.2) is 5.78 Å². The van der Waals surface area contributed by atoms with E-state index in [0.717, 1.165) is 11.1 Å². The summed E-state index contributed by atoms with van der Waals surface area (Å²) in [5.74, 6) is -0.101. The molecule has 1 aromatic heterocycles. The molecule has 0 saturated carbocycles. The highest BCUT2D eigenvalue weighted by atomic mass is 35.5. The first-order valence-electron chi connectivity index (χ1n) is 8.78. The van der Waals surface area contributed by atoms with Gasteiger partial charge in [0.05, 0.1) is 9.21 Å². The molecule has 2 aromatic carbocycles. The topological polar surface area (TPSA) is 46.2 Å². The molecule has 0 bridgehead atoms. The Morgan fingerprint density at radius 2 is 1.44 bits per heavy atom. The van der Waals surface area contributed by atoms with E-state index >= 15 is 0 Å². The van der Waals surface area contributed by atoms with Gasteiger partial charge < -0.3 is 5.32 Å². The second kappa shape index (κ2) is 9.49. The van der Waals surface area contributed by atoms with Gasteiger partial charge in [0, 0.05) is 25.3 Å². The number of hydrogen-bond donors (Lipinski definition) is 1. The van der Waals surface area contributed by atoms with Gasteiger partial charge in [-0.05, 0) is 23.3 Å². The molecule has 0 aliphatic heterocycles. The maximum absolute atomic E-state index is 12.3. The minimum Gasteiger partial charge on any atom is -0.355 e. The molecular formula is C22H20ClNO2S. The average molecular weight is 398 g/mol. The molecular weight excluding hydrogens is 378 g/mol. The van der Waals surface area contributed by atoms with Crippen LogP contribution in [0.1, 0.15) is 39.6 Å². The number of thiophene rings is 1. The first-order valence-corrected chi connectivity index (χ1v) is 9.98. The van der Waals surface area contributed by atoms with Crippen molar-refractivity contribution in [1.82, 2.24) is 5.32 Å². The molecule has 0 fully saturated rings. The van der Waals surface area contributed by atoms with Gasteiger partial charge in [0.2, 0.25) is 5.91 Å². The number of nitrogens with one attached hydrogen (secondary N) is 1. The number of halogens is 1. The third kappa shape index (κ3) is 5.52. The summed E-state index contributed by atoms with van der Waals surface area (Å²) in [5.41, 5.74) is 2.29. The number of carbonyl (C=O) groups is 2. The largest absolute Gasteiger partial charge is 0.355 e. The van der Waals surface area contributed by atoms with Gasteiger partial charge in [0.1, 0.15) is 0 Å². The Morgan fingerprint density at radius 1 is 0.852 bits per heavy atom. The number of Topliss-reactive ketones (excluding diaryl/α,β-unsaturated/α-hetero) is 1. The second-order valence-electron chi connectivity index (χ2n) is 6.20. The normalized spacial score (nSPS) is 10.7. The molecule has 0 aliphatic carbocycles. The van der Waals surface area contributed by atoms with Crippen LogP contribution in [0.5, 0.6) is 0 Å². The fourth-order valence-electron chi connectivity index (χ4n) is 2.92. The zero-order valence-electron chi connectivity index (χ0n) is 14.7. The van der Waals surface area contributed by atoms with E-state index in [2.05, 4.69) is 29.6 Å². The van der Waals surface area contributed by atoms with E-state index in [4.69, 9.17) is 11.6 Å². The van der Waals surface area contributed by atoms with E-state index in [9.17, 15) is 9.59 Å². The van der Waals surface area contributed by atoms with E-state index in [-0.39, 0.29) is 30.4 Å². The van der Waals surface area contributed by atoms with Crippen molar-refractivity contribution in [2.24, 2.45) is 0 Å². The molecule has 0 unspecified atom stereocenters. The number of benzene rings is 2. The van der Waals surface area contributed by atoms with Gasteiger partial charge >= 0.3 is 0 Å². The Morgan fingerprint density at radius 3 is 1.96 bits per heavy atom. The van der Waals surface area contributed by atoms with Crippen molar-refractivity contribution in [3.8, 4) is 0 Å². The summed E-state index contributed by atoms with van der Waals surface area (Å²) in [6, 6.07) is 23.6. The van der Waals surface area contributed by atoms with Gasteiger partial charge in [-0.2, -0.15) is 0 Å². The monoisotopic (exact) mass is 397 g/mol. The quantitative estimate of drug-likeness (QED) is 0.523. The molecule has 1 N–H and O–H groups in total. The fraction of sp³-hybridized carbons (Fsp3) is 0.182. The standard InChI is InChI=1S/C22H20ClNO2S/c23-21-13-12-20(27-21)19(25)11-14-22(26)24-15-18(16-7-3-1-4-8-16)17-9-5-2-6-10-17/h1-10,12-13,18H,11,14-15H2,(H,24,26). The molecule has 27 heavy (non-hydrogen) atoms. The zero-order chi connectivity index (χ0) is 19.1. The van der Waals surface area contributed by atoms with Crippen LogP contribution in [-0.2, 0) is 4.79 Å². The smallest absolute Gasteiger partial charge is 0.220 e. The lowest BCUT2D eigenvalue weighted by molar-refractivity contribution is -0.121. The highest BCUT2D eigenvalue weighted by molar-refractivity contribution is 7.18.